The molecule has 2 rings (SSSR count). The number of rotatable bonds is 7. The minimum Gasteiger partial charge on any atom is -0.493 e. The molecule has 0 amide bonds. The summed E-state index contributed by atoms with van der Waals surface area (Å²) < 4.78 is 25.2. The van der Waals surface area contributed by atoms with Gasteiger partial charge >= 0.3 is 17.9 Å². The van der Waals surface area contributed by atoms with E-state index >= 15 is 0 Å². The van der Waals surface area contributed by atoms with E-state index in [1.807, 2.05) is 0 Å². The van der Waals surface area contributed by atoms with Gasteiger partial charge in [0.1, 0.15) is 41.5 Å². The molecule has 10 heteroatoms. The van der Waals surface area contributed by atoms with Gasteiger partial charge in [0.25, 0.3) is 0 Å². The minimum atomic E-state index is -0.793. The molecule has 1 aliphatic rings. The van der Waals surface area contributed by atoms with E-state index in [4.69, 9.17) is 29.4 Å². The molecule has 2 N–H and O–H groups in total. The van der Waals surface area contributed by atoms with Crippen molar-refractivity contribution < 1.29 is 38.1 Å². The molecule has 0 unspecified atom stereocenters. The Hall–Kier alpha value is -2.75. The molecule has 1 aromatic rings. The Morgan fingerprint density at radius 3 is 2.38 bits per heavy atom. The Bertz CT molecular complexity index is 724. The molecule has 1 aromatic heterocycles. The number of ether oxygens (including phenoxy) is 5. The van der Waals surface area contributed by atoms with Gasteiger partial charge in [-0.2, -0.15) is 0 Å². The second-order valence-electron chi connectivity index (χ2n) is 4.87. The van der Waals surface area contributed by atoms with Gasteiger partial charge in [-0.15, -0.1) is 11.3 Å². The minimum absolute atomic E-state index is 0.0116. The van der Waals surface area contributed by atoms with E-state index in [1.165, 1.54) is 0 Å². The molecule has 0 aliphatic carbocycles. The molecular formula is C16H19NO8S. The van der Waals surface area contributed by atoms with Crippen molar-refractivity contribution in [1.29, 1.82) is 0 Å². The van der Waals surface area contributed by atoms with E-state index in [2.05, 4.69) is 0 Å². The lowest BCUT2D eigenvalue weighted by atomic mass is 10.1. The number of carbonyl (C=O) groups is 3. The Morgan fingerprint density at radius 2 is 1.77 bits per heavy atom. The second kappa shape index (κ2) is 9.09. The number of nitrogen functional groups attached to an aromatic ring is 1. The van der Waals surface area contributed by atoms with Gasteiger partial charge in [0.2, 0.25) is 5.76 Å². The molecule has 0 fully saturated rings. The van der Waals surface area contributed by atoms with Crippen LogP contribution >= 0.6 is 11.3 Å². The summed E-state index contributed by atoms with van der Waals surface area (Å²) in [6.07, 6.45) is 1.15. The van der Waals surface area contributed by atoms with Crippen molar-refractivity contribution in [3.05, 3.63) is 28.0 Å². The molecule has 2 heterocycles. The molecular weight excluding hydrogens is 366 g/mol. The highest BCUT2D eigenvalue weighted by Gasteiger charge is 2.29. The number of hydrogen-bond donors (Lipinski definition) is 1. The van der Waals surface area contributed by atoms with Gasteiger partial charge in [-0.05, 0) is 13.8 Å². The Kier molecular flexibility index (Phi) is 6.84. The zero-order valence-electron chi connectivity index (χ0n) is 14.4. The van der Waals surface area contributed by atoms with Crippen molar-refractivity contribution in [3.63, 3.8) is 0 Å². The van der Waals surface area contributed by atoms with Crippen LogP contribution in [0.3, 0.4) is 0 Å². The fraction of sp³-hybridized carbons (Fsp3) is 0.438. The lowest BCUT2D eigenvalue weighted by Crippen LogP contribution is -2.18. The highest BCUT2D eigenvalue weighted by molar-refractivity contribution is 7.18. The van der Waals surface area contributed by atoms with E-state index in [-0.39, 0.29) is 53.2 Å². The highest BCUT2D eigenvalue weighted by Crippen LogP contribution is 2.33. The maximum absolute atomic E-state index is 12.2. The SMILES string of the molecule is CCOC(=O)c1sc(N)c(C(=O)OCC)c1COC(=O)C1=COCCO1. The second-order valence-corrected chi connectivity index (χ2v) is 5.92. The van der Waals surface area contributed by atoms with Crippen molar-refractivity contribution in [2.45, 2.75) is 20.5 Å². The molecule has 0 saturated heterocycles. The van der Waals surface area contributed by atoms with Crippen LogP contribution in [-0.4, -0.2) is 44.3 Å². The molecule has 0 atom stereocenters. The first-order valence-corrected chi connectivity index (χ1v) is 8.68. The molecule has 0 bridgehead atoms. The largest absolute Gasteiger partial charge is 0.493 e. The first-order valence-electron chi connectivity index (χ1n) is 7.86. The van der Waals surface area contributed by atoms with Gasteiger partial charge in [0.15, 0.2) is 0 Å². The van der Waals surface area contributed by atoms with Crippen molar-refractivity contribution in [3.8, 4) is 0 Å². The van der Waals surface area contributed by atoms with Gasteiger partial charge in [0, 0.05) is 5.56 Å². The number of carbonyl (C=O) groups excluding carboxylic acids is 3. The monoisotopic (exact) mass is 385 g/mol. The van der Waals surface area contributed by atoms with Gasteiger partial charge in [-0.3, -0.25) is 0 Å². The number of esters is 3. The van der Waals surface area contributed by atoms with E-state index < -0.39 is 17.9 Å². The predicted octanol–water partition coefficient (Wildman–Crippen LogP) is 1.62. The summed E-state index contributed by atoms with van der Waals surface area (Å²) >= 11 is 0.871. The number of thiophene rings is 1. The smallest absolute Gasteiger partial charge is 0.377 e. The van der Waals surface area contributed by atoms with Crippen LogP contribution < -0.4 is 5.73 Å². The van der Waals surface area contributed by atoms with Gasteiger partial charge < -0.3 is 29.4 Å². The predicted molar refractivity (Wildman–Crippen MR) is 90.4 cm³/mol. The van der Waals surface area contributed by atoms with E-state index in [1.54, 1.807) is 13.8 Å². The van der Waals surface area contributed by atoms with Crippen LogP contribution in [-0.2, 0) is 35.1 Å². The lowest BCUT2D eigenvalue weighted by Gasteiger charge is -2.14. The number of nitrogens with two attached hydrogens (primary N) is 1. The Balaban J connectivity index is 2.27. The number of anilines is 1. The molecule has 26 heavy (non-hydrogen) atoms. The van der Waals surface area contributed by atoms with E-state index in [9.17, 15) is 14.4 Å². The van der Waals surface area contributed by atoms with Gasteiger partial charge in [0.05, 0.1) is 13.2 Å². The molecule has 0 saturated carbocycles. The summed E-state index contributed by atoms with van der Waals surface area (Å²) in [6, 6.07) is 0. The fourth-order valence-corrected chi connectivity index (χ4v) is 3.05. The molecule has 0 aromatic carbocycles. The quantitative estimate of drug-likeness (QED) is 0.550. The van der Waals surface area contributed by atoms with Crippen molar-refractivity contribution in [2.24, 2.45) is 0 Å². The third-order valence-corrected chi connectivity index (χ3v) is 4.21. The molecule has 9 nitrogen and oxygen atoms in total. The molecule has 1 aliphatic heterocycles. The third kappa shape index (κ3) is 4.45. The Labute approximate surface area is 153 Å². The van der Waals surface area contributed by atoms with Crippen molar-refractivity contribution >= 4 is 34.2 Å². The fourth-order valence-electron chi connectivity index (χ4n) is 2.10. The summed E-state index contributed by atoms with van der Waals surface area (Å²) in [7, 11) is 0. The number of hydrogen-bond acceptors (Lipinski definition) is 10. The summed E-state index contributed by atoms with van der Waals surface area (Å²) in [5.41, 5.74) is 5.99. The molecule has 0 spiro atoms. The normalized spacial score (nSPS) is 13.1. The van der Waals surface area contributed by atoms with Crippen LogP contribution in [0.4, 0.5) is 5.00 Å². The highest BCUT2D eigenvalue weighted by atomic mass is 32.1. The van der Waals surface area contributed by atoms with Crippen LogP contribution in [0.2, 0.25) is 0 Å². The lowest BCUT2D eigenvalue weighted by molar-refractivity contribution is -0.145. The maximum atomic E-state index is 12.2. The molecule has 0 radical (unpaired) electrons. The summed E-state index contributed by atoms with van der Waals surface area (Å²) in [6.45, 7) is 3.72. The topological polar surface area (TPSA) is 123 Å². The third-order valence-electron chi connectivity index (χ3n) is 3.17. The van der Waals surface area contributed by atoms with E-state index in [0.29, 0.717) is 6.61 Å². The average Bonchev–Trinajstić information content (AvgIpc) is 2.97. The zero-order valence-corrected chi connectivity index (χ0v) is 15.2. The standard InChI is InChI=1S/C16H19NO8S/c1-3-22-15(19)11-9(12(26-13(11)17)16(20)23-4-2)7-25-14(18)10-8-21-5-6-24-10/h8H,3-7,17H2,1-2H3. The summed E-state index contributed by atoms with van der Waals surface area (Å²) in [5.74, 6) is -2.27. The zero-order chi connectivity index (χ0) is 19.1. The summed E-state index contributed by atoms with van der Waals surface area (Å²) in [5, 5.41) is 0.0778. The van der Waals surface area contributed by atoms with Crippen LogP contribution in [0, 0.1) is 0 Å². The first kappa shape index (κ1) is 19.6. The Morgan fingerprint density at radius 1 is 1.08 bits per heavy atom. The van der Waals surface area contributed by atoms with Crippen molar-refractivity contribution in [2.75, 3.05) is 32.2 Å². The van der Waals surface area contributed by atoms with Gasteiger partial charge in [-0.1, -0.05) is 0 Å². The van der Waals surface area contributed by atoms with Crippen molar-refractivity contribution in [1.82, 2.24) is 0 Å². The first-order chi connectivity index (χ1) is 12.5. The van der Waals surface area contributed by atoms with Crippen LogP contribution in [0.1, 0.15) is 39.4 Å². The maximum Gasteiger partial charge on any atom is 0.377 e. The van der Waals surface area contributed by atoms with Crippen LogP contribution in [0.5, 0.6) is 0 Å². The van der Waals surface area contributed by atoms with Crippen LogP contribution in [0.15, 0.2) is 12.0 Å². The molecule has 142 valence electrons. The van der Waals surface area contributed by atoms with Crippen LogP contribution in [0.25, 0.3) is 0 Å². The van der Waals surface area contributed by atoms with E-state index in [0.717, 1.165) is 17.6 Å². The summed E-state index contributed by atoms with van der Waals surface area (Å²) in [4.78, 5) is 36.4. The average molecular weight is 385 g/mol. The van der Waals surface area contributed by atoms with Gasteiger partial charge in [-0.25, -0.2) is 14.4 Å².